The largest absolute Gasteiger partial charge is 0.403 e. The van der Waals surface area contributed by atoms with Crippen LogP contribution in [-0.4, -0.2) is 48.4 Å². The third-order valence-electron chi connectivity index (χ3n) is 4.02. The highest BCUT2D eigenvalue weighted by molar-refractivity contribution is 5.76. The van der Waals surface area contributed by atoms with Gasteiger partial charge in [-0.15, -0.1) is 0 Å². The number of hydrogen-bond donors (Lipinski definition) is 2. The van der Waals surface area contributed by atoms with Crippen LogP contribution in [0.15, 0.2) is 11.9 Å². The van der Waals surface area contributed by atoms with Crippen molar-refractivity contribution in [2.45, 2.75) is 45.1 Å². The maximum Gasteiger partial charge on any atom is 0.222 e. The van der Waals surface area contributed by atoms with Crippen molar-refractivity contribution in [3.05, 3.63) is 11.9 Å². The van der Waals surface area contributed by atoms with Gasteiger partial charge in [0.1, 0.15) is 0 Å². The number of carbonyl (C=O) groups excluding carboxylic acids is 1. The maximum absolute atomic E-state index is 12.1. The van der Waals surface area contributed by atoms with E-state index in [1.54, 1.807) is 0 Å². The highest BCUT2D eigenvalue weighted by Gasteiger charge is 2.24. The van der Waals surface area contributed by atoms with Crippen molar-refractivity contribution < 1.29 is 4.79 Å². The molecule has 5 nitrogen and oxygen atoms in total. The number of piperidine rings is 1. The van der Waals surface area contributed by atoms with Gasteiger partial charge in [0.2, 0.25) is 5.91 Å². The summed E-state index contributed by atoms with van der Waals surface area (Å²) in [6.07, 6.45) is 5.61. The van der Waals surface area contributed by atoms with Crippen molar-refractivity contribution >= 4 is 5.91 Å². The first-order chi connectivity index (χ1) is 9.08. The van der Waals surface area contributed by atoms with Gasteiger partial charge in [-0.2, -0.15) is 0 Å². The Morgan fingerprint density at radius 1 is 1.37 bits per heavy atom. The fraction of sp³-hybridized carbons (Fsp3) is 0.786. The molecule has 0 radical (unpaired) electrons. The van der Waals surface area contributed by atoms with E-state index in [2.05, 4.69) is 11.8 Å². The summed E-state index contributed by atoms with van der Waals surface area (Å²) in [5.41, 5.74) is 11.6. The lowest BCUT2D eigenvalue weighted by Gasteiger charge is -2.36. The molecule has 1 fully saturated rings. The van der Waals surface area contributed by atoms with Gasteiger partial charge >= 0.3 is 0 Å². The molecule has 0 aromatic rings. The summed E-state index contributed by atoms with van der Waals surface area (Å²) in [5, 5.41) is 0. The predicted molar refractivity (Wildman–Crippen MR) is 78.2 cm³/mol. The monoisotopic (exact) mass is 268 g/mol. The lowest BCUT2D eigenvalue weighted by atomic mass is 10.0. The second-order valence-corrected chi connectivity index (χ2v) is 5.27. The summed E-state index contributed by atoms with van der Waals surface area (Å²) in [6.45, 7) is 5.49. The van der Waals surface area contributed by atoms with Crippen LogP contribution >= 0.6 is 0 Å². The summed E-state index contributed by atoms with van der Waals surface area (Å²) < 4.78 is 0. The molecule has 1 heterocycles. The molecular formula is C14H28N4O. The molecule has 0 unspecified atom stereocenters. The van der Waals surface area contributed by atoms with E-state index in [1.165, 1.54) is 6.20 Å². The van der Waals surface area contributed by atoms with E-state index in [0.29, 0.717) is 24.6 Å². The Balaban J connectivity index is 2.28. The first-order valence-corrected chi connectivity index (χ1v) is 7.22. The highest BCUT2D eigenvalue weighted by Crippen LogP contribution is 2.16. The molecular weight excluding hydrogens is 240 g/mol. The Labute approximate surface area is 116 Å². The maximum atomic E-state index is 12.1. The summed E-state index contributed by atoms with van der Waals surface area (Å²) in [7, 11) is 1.93. The Kier molecular flexibility index (Phi) is 6.70. The molecule has 0 aliphatic carbocycles. The van der Waals surface area contributed by atoms with Gasteiger partial charge < -0.3 is 21.3 Å². The van der Waals surface area contributed by atoms with E-state index in [1.807, 2.05) is 11.9 Å². The molecule has 0 saturated carbocycles. The van der Waals surface area contributed by atoms with E-state index < -0.39 is 0 Å². The Hall–Kier alpha value is -1.23. The minimum absolute atomic E-state index is 0.222. The average molecular weight is 268 g/mol. The number of allylic oxidation sites excluding steroid dienone is 1. The number of carbonyl (C=O) groups is 1. The van der Waals surface area contributed by atoms with Crippen LogP contribution in [0.2, 0.25) is 0 Å². The zero-order valence-electron chi connectivity index (χ0n) is 12.3. The Bertz CT molecular complexity index is 309. The lowest BCUT2D eigenvalue weighted by Crippen LogP contribution is -2.45. The van der Waals surface area contributed by atoms with E-state index in [9.17, 15) is 4.79 Å². The third-order valence-corrected chi connectivity index (χ3v) is 4.02. The van der Waals surface area contributed by atoms with Crippen molar-refractivity contribution in [2.24, 2.45) is 11.5 Å². The zero-order chi connectivity index (χ0) is 14.3. The summed E-state index contributed by atoms with van der Waals surface area (Å²) in [6, 6.07) is 0.401. The van der Waals surface area contributed by atoms with Crippen LogP contribution in [0.25, 0.3) is 0 Å². The van der Waals surface area contributed by atoms with E-state index in [0.717, 1.165) is 38.9 Å². The molecule has 0 bridgehead atoms. The van der Waals surface area contributed by atoms with Crippen molar-refractivity contribution in [2.75, 3.05) is 26.7 Å². The second-order valence-electron chi connectivity index (χ2n) is 5.27. The van der Waals surface area contributed by atoms with E-state index in [4.69, 9.17) is 11.5 Å². The van der Waals surface area contributed by atoms with Gasteiger partial charge in [0.25, 0.3) is 0 Å². The van der Waals surface area contributed by atoms with Crippen molar-refractivity contribution in [1.29, 1.82) is 0 Å². The number of nitrogens with zero attached hydrogens (tertiary/aromatic N) is 2. The molecule has 0 atom stereocenters. The second kappa shape index (κ2) is 8.04. The van der Waals surface area contributed by atoms with Crippen molar-refractivity contribution in [1.82, 2.24) is 9.80 Å². The van der Waals surface area contributed by atoms with Gasteiger partial charge in [0.15, 0.2) is 0 Å². The Morgan fingerprint density at radius 2 is 2.00 bits per heavy atom. The molecule has 1 saturated heterocycles. The molecule has 1 rings (SSSR count). The van der Waals surface area contributed by atoms with Gasteiger partial charge in [-0.3, -0.25) is 4.79 Å². The van der Waals surface area contributed by atoms with Crippen LogP contribution < -0.4 is 11.5 Å². The van der Waals surface area contributed by atoms with Gasteiger partial charge in [-0.1, -0.05) is 6.92 Å². The quantitative estimate of drug-likeness (QED) is 0.749. The Morgan fingerprint density at radius 3 is 2.53 bits per heavy atom. The van der Waals surface area contributed by atoms with Crippen LogP contribution in [0.3, 0.4) is 0 Å². The van der Waals surface area contributed by atoms with E-state index >= 15 is 0 Å². The summed E-state index contributed by atoms with van der Waals surface area (Å²) in [4.78, 5) is 16.4. The molecule has 19 heavy (non-hydrogen) atoms. The molecule has 0 aromatic heterocycles. The zero-order valence-corrected chi connectivity index (χ0v) is 12.3. The fourth-order valence-electron chi connectivity index (χ4n) is 2.53. The fourth-order valence-corrected chi connectivity index (χ4v) is 2.53. The average Bonchev–Trinajstić information content (AvgIpc) is 2.46. The first kappa shape index (κ1) is 15.8. The molecule has 1 amide bonds. The van der Waals surface area contributed by atoms with Gasteiger partial charge in [-0.05, 0) is 32.2 Å². The number of hydrogen-bond acceptors (Lipinski definition) is 4. The molecule has 110 valence electrons. The van der Waals surface area contributed by atoms with Gasteiger partial charge in [0, 0.05) is 44.5 Å². The first-order valence-electron chi connectivity index (χ1n) is 7.22. The minimum Gasteiger partial charge on any atom is -0.403 e. The predicted octanol–water partition coefficient (Wildman–Crippen LogP) is 0.858. The normalized spacial score (nSPS) is 18.5. The molecule has 5 heteroatoms. The molecule has 0 aromatic carbocycles. The topological polar surface area (TPSA) is 75.6 Å². The standard InChI is InChI=1S/C14H28N4O/c1-3-18-9-7-13(8-10-18)17(2)14(19)6-4-5-12(16)11-15/h11,13H,3-10,15-16H2,1-2H3/b12-11-. The SMILES string of the molecule is CCN1CCC(N(C)C(=O)CCC/C(N)=C/N)CC1. The molecule has 1 aliphatic heterocycles. The van der Waals surface area contributed by atoms with E-state index in [-0.39, 0.29) is 5.91 Å². The number of likely N-dealkylation sites (tertiary alicyclic amines) is 1. The van der Waals surface area contributed by atoms with Gasteiger partial charge in [0.05, 0.1) is 0 Å². The molecule has 4 N–H and O–H groups in total. The van der Waals surface area contributed by atoms with Crippen molar-refractivity contribution in [3.63, 3.8) is 0 Å². The van der Waals surface area contributed by atoms with Crippen molar-refractivity contribution in [3.8, 4) is 0 Å². The minimum atomic E-state index is 0.222. The molecule has 0 spiro atoms. The molecule has 1 aliphatic rings. The summed E-state index contributed by atoms with van der Waals surface area (Å²) >= 11 is 0. The summed E-state index contributed by atoms with van der Waals surface area (Å²) in [5.74, 6) is 0.222. The van der Waals surface area contributed by atoms with Gasteiger partial charge in [-0.25, -0.2) is 0 Å². The highest BCUT2D eigenvalue weighted by atomic mass is 16.2. The number of amides is 1. The van der Waals surface area contributed by atoms with Crippen LogP contribution in [0.4, 0.5) is 0 Å². The van der Waals surface area contributed by atoms with Crippen LogP contribution in [-0.2, 0) is 4.79 Å². The smallest absolute Gasteiger partial charge is 0.222 e. The number of rotatable bonds is 6. The van der Waals surface area contributed by atoms with Crippen LogP contribution in [0.1, 0.15) is 39.0 Å². The van der Waals surface area contributed by atoms with Crippen LogP contribution in [0, 0.1) is 0 Å². The third kappa shape index (κ3) is 5.11. The number of nitrogens with two attached hydrogens (primary N) is 2. The van der Waals surface area contributed by atoms with Crippen LogP contribution in [0.5, 0.6) is 0 Å². The lowest BCUT2D eigenvalue weighted by molar-refractivity contribution is -0.132.